The molecule has 1 saturated carbocycles. The van der Waals surface area contributed by atoms with Crippen molar-refractivity contribution in [3.8, 4) is 0 Å². The second-order valence-electron chi connectivity index (χ2n) is 28.6. The lowest BCUT2D eigenvalue weighted by molar-refractivity contribution is 0.460. The van der Waals surface area contributed by atoms with Crippen molar-refractivity contribution in [1.82, 2.24) is 95.0 Å². The molecular weight excluding hydrogens is 1410 g/mol. The van der Waals surface area contributed by atoms with E-state index in [0.29, 0.717) is 251 Å². The van der Waals surface area contributed by atoms with Gasteiger partial charge >= 0.3 is 0 Å². The summed E-state index contributed by atoms with van der Waals surface area (Å²) in [6.07, 6.45) is 9.87. The Morgan fingerprint density at radius 2 is 0.694 bits per heavy atom. The van der Waals surface area contributed by atoms with Gasteiger partial charge in [-0.25, -0.2) is 0 Å². The molecule has 2 aromatic carbocycles. The minimum atomic E-state index is 0.0641. The number of unbranched alkanes of at least 4 members (excludes halogenated alkanes) is 2. The van der Waals surface area contributed by atoms with Crippen LogP contribution in [0.4, 0.5) is 101 Å². The Labute approximate surface area is 640 Å². The highest BCUT2D eigenvalue weighted by Crippen LogP contribution is 2.31. The topological polar surface area (TPSA) is 340 Å². The fraction of sp³-hybridized carbons (Fsp3) is 0.577. The van der Waals surface area contributed by atoms with Crippen LogP contribution in [0.2, 0.25) is 10.6 Å². The van der Waals surface area contributed by atoms with Crippen molar-refractivity contribution < 1.29 is 0 Å². The summed E-state index contributed by atoms with van der Waals surface area (Å²) in [4.78, 5) is 114. The lowest BCUT2D eigenvalue weighted by Crippen LogP contribution is -2.50. The van der Waals surface area contributed by atoms with Crippen LogP contribution in [0.1, 0.15) is 77.7 Å². The van der Waals surface area contributed by atoms with Gasteiger partial charge in [0.25, 0.3) is 0 Å². The average Bonchev–Trinajstić information content (AvgIpc) is 0.803. The maximum absolute atomic E-state index is 6.16. The number of nitrogens with one attached hydrogen (secondary N) is 6. The summed E-state index contributed by atoms with van der Waals surface area (Å²) in [5, 5.41) is 21.4. The smallest absolute Gasteiger partial charge is 0.233 e. The van der Waals surface area contributed by atoms with Crippen LogP contribution in [-0.2, 0) is 6.42 Å². The van der Waals surface area contributed by atoms with E-state index in [1.54, 1.807) is 0 Å². The average molecular weight is 1510 g/mol. The van der Waals surface area contributed by atoms with E-state index in [4.69, 9.17) is 98.0 Å². The Bertz CT molecular complexity index is 4180. The van der Waals surface area contributed by atoms with E-state index < -0.39 is 0 Å². The minimum Gasteiger partial charge on any atom is -0.354 e. The van der Waals surface area contributed by atoms with Crippen molar-refractivity contribution in [3.63, 3.8) is 0 Å². The molecule has 7 fully saturated rings. The van der Waals surface area contributed by atoms with Crippen LogP contribution in [0.5, 0.6) is 0 Å². The number of hydrogen-bond acceptors (Lipinski definition) is 35. The van der Waals surface area contributed by atoms with Crippen molar-refractivity contribution >= 4 is 124 Å². The highest BCUT2D eigenvalue weighted by atomic mass is 35.5. The number of para-hydroxylation sites is 1. The number of piperazine rings is 6. The Balaban J connectivity index is 0.610. The third-order valence-corrected chi connectivity index (χ3v) is 20.8. The van der Waals surface area contributed by atoms with Crippen LogP contribution >= 0.6 is 23.2 Å². The minimum absolute atomic E-state index is 0.0641. The number of benzene rings is 2. The lowest BCUT2D eigenvalue weighted by atomic mass is 9.96. The molecule has 12 heterocycles. The molecule has 0 spiro atoms. The fourth-order valence-electron chi connectivity index (χ4n) is 14.3. The molecule has 37 heteroatoms. The molecule has 6 aliphatic heterocycles. The fourth-order valence-corrected chi connectivity index (χ4v) is 14.7. The molecule has 108 heavy (non-hydrogen) atoms. The summed E-state index contributed by atoms with van der Waals surface area (Å²) in [6, 6.07) is 20.8. The van der Waals surface area contributed by atoms with Crippen LogP contribution in [0.15, 0.2) is 60.7 Å². The third kappa shape index (κ3) is 19.0. The Morgan fingerprint density at radius 3 is 1.07 bits per heavy atom. The number of anilines is 17. The molecule has 0 unspecified atom stereocenters. The van der Waals surface area contributed by atoms with Crippen LogP contribution in [0, 0.1) is 5.92 Å². The van der Waals surface area contributed by atoms with E-state index in [0.717, 1.165) is 76.9 Å². The first-order valence-corrected chi connectivity index (χ1v) is 39.4. The lowest BCUT2D eigenvalue weighted by Gasteiger charge is -2.38. The van der Waals surface area contributed by atoms with Crippen LogP contribution in [-0.4, -0.2) is 272 Å². The number of nitrogens with zero attached hydrogens (tertiary/aromatic N) is 29. The van der Waals surface area contributed by atoms with Crippen LogP contribution < -0.4 is 85.8 Å². The van der Waals surface area contributed by atoms with E-state index >= 15 is 0 Å². The molecule has 572 valence electrons. The van der Waals surface area contributed by atoms with Crippen molar-refractivity contribution in [2.75, 3.05) is 257 Å². The van der Waals surface area contributed by atoms with Crippen LogP contribution in [0.25, 0.3) is 0 Å². The molecule has 0 amide bonds. The quantitative estimate of drug-likeness (QED) is 0.0323. The number of hydrogen-bond donors (Lipinski definition) is 6. The summed E-state index contributed by atoms with van der Waals surface area (Å²) in [7, 11) is 0. The van der Waals surface area contributed by atoms with Crippen LogP contribution in [0.3, 0.4) is 0 Å². The van der Waals surface area contributed by atoms with Gasteiger partial charge in [0, 0.05) is 188 Å². The largest absolute Gasteiger partial charge is 0.354 e. The Morgan fingerprint density at radius 1 is 0.361 bits per heavy atom. The maximum atomic E-state index is 6.16. The van der Waals surface area contributed by atoms with E-state index in [1.165, 1.54) is 24.8 Å². The first-order chi connectivity index (χ1) is 53.0. The Hall–Kier alpha value is -10.2. The summed E-state index contributed by atoms with van der Waals surface area (Å²) >= 11 is 12.3. The molecule has 0 radical (unpaired) electrons. The van der Waals surface area contributed by atoms with E-state index in [-0.39, 0.29) is 10.6 Å². The maximum Gasteiger partial charge on any atom is 0.233 e. The standard InChI is InChI=1S/C71H99Cl2N35/c1-4-5-15-23-75-56-83-63(100-31-29-99(30-32-100)61-81-54(72)80-55(73)82-61)94-64(84-56)101-33-35-103(36-34-101)66-87-58(77-49-50(2)3)88-67(95-66)104-39-43-106(44-40-104)69-90-60(79-53-20-13-8-14-21-53)92-71(97-69)108-47-45-107(46-48-108)70-91-59(78-52-18-11-7-12-19-52)89-68(96-70)105-41-37-102(38-42-105)65-86-57(76-24-22-51-16-9-6-10-17-51)85-62(93-65)98-27-25-74-26-28-98/h6-7,9-12,16-19,50,53,74H,4-5,8,13-15,20-49H2,1-3H3,(H,75,83,84,94)(H,76,85,86,93)(H,77,87,88,95)(H,78,89,91,96)(H,79,90,92,97). The highest BCUT2D eigenvalue weighted by Gasteiger charge is 2.33. The zero-order chi connectivity index (χ0) is 73.6. The predicted octanol–water partition coefficient (Wildman–Crippen LogP) is 5.96. The molecule has 35 nitrogen and oxygen atoms in total. The van der Waals surface area contributed by atoms with Crippen molar-refractivity contribution in [1.29, 1.82) is 0 Å². The number of aromatic nitrogens is 18. The van der Waals surface area contributed by atoms with Crippen molar-refractivity contribution in [2.45, 2.75) is 84.6 Å². The molecule has 7 aliphatic rings. The molecule has 0 bridgehead atoms. The van der Waals surface area contributed by atoms with Gasteiger partial charge in [-0.15, -0.1) is 0 Å². The molecular formula is C71H99Cl2N35. The summed E-state index contributed by atoms with van der Waals surface area (Å²) in [5.41, 5.74) is 2.15. The van der Waals surface area contributed by atoms with Gasteiger partial charge in [-0.05, 0) is 72.5 Å². The van der Waals surface area contributed by atoms with Gasteiger partial charge in [-0.2, -0.15) is 89.7 Å². The number of rotatable bonds is 27. The molecule has 1 aliphatic carbocycles. The molecule has 0 atom stereocenters. The molecule has 6 saturated heterocycles. The second kappa shape index (κ2) is 35.3. The monoisotopic (exact) mass is 1510 g/mol. The highest BCUT2D eigenvalue weighted by molar-refractivity contribution is 6.31. The van der Waals surface area contributed by atoms with Gasteiger partial charge in [-0.3, -0.25) is 0 Å². The number of halogens is 2. The van der Waals surface area contributed by atoms with E-state index in [9.17, 15) is 0 Å². The van der Waals surface area contributed by atoms with Gasteiger partial charge in [0.05, 0.1) is 0 Å². The van der Waals surface area contributed by atoms with Gasteiger partial charge < -0.3 is 85.8 Å². The summed E-state index contributed by atoms with van der Waals surface area (Å²) < 4.78 is 0. The Kier molecular flexibility index (Phi) is 23.9. The first-order valence-electron chi connectivity index (χ1n) is 38.7. The van der Waals surface area contributed by atoms with Crippen molar-refractivity contribution in [2.24, 2.45) is 5.92 Å². The van der Waals surface area contributed by atoms with Gasteiger partial charge in [0.1, 0.15) is 0 Å². The summed E-state index contributed by atoms with van der Waals surface area (Å²) in [5.74, 6) is 10.0. The van der Waals surface area contributed by atoms with Gasteiger partial charge in [0.2, 0.25) is 106 Å². The molecule has 6 aromatic heterocycles. The predicted molar refractivity (Wildman–Crippen MR) is 426 cm³/mol. The second-order valence-corrected chi connectivity index (χ2v) is 29.3. The molecule has 15 rings (SSSR count). The van der Waals surface area contributed by atoms with E-state index in [1.807, 2.05) is 41.3 Å². The third-order valence-electron chi connectivity index (χ3n) is 20.5. The zero-order valence-corrected chi connectivity index (χ0v) is 63.6. The van der Waals surface area contributed by atoms with E-state index in [2.05, 4.69) is 141 Å². The van der Waals surface area contributed by atoms with Gasteiger partial charge in [0.15, 0.2) is 0 Å². The molecule has 6 N–H and O–H groups in total. The summed E-state index contributed by atoms with van der Waals surface area (Å²) in [6.45, 7) is 25.1. The first kappa shape index (κ1) is 73.4. The SMILES string of the molecule is CCCCCNc1nc(N2CCN(c3nc(Cl)nc(Cl)n3)CC2)nc(N2CCN(c3nc(NCC(C)C)nc(N4CCN(c5nc(NC6CCCCC6)nc(N6CCN(c7nc(Nc8ccccc8)nc(N8CCN(c9nc(NCCc%10ccccc%10)nc(N%10CCNCC%10)n9)CC8)n7)CC6)n5)CC4)n3)CC2)n1. The van der Waals surface area contributed by atoms with Gasteiger partial charge in [-0.1, -0.05) is 101 Å². The normalized spacial score (nSPS) is 17.8. The van der Waals surface area contributed by atoms with Crippen molar-refractivity contribution in [3.05, 3.63) is 76.8 Å². The molecule has 8 aromatic rings. The zero-order valence-electron chi connectivity index (χ0n) is 62.1.